The largest absolute Gasteiger partial charge is 0.379 e. The minimum atomic E-state index is -0.355. The van der Waals surface area contributed by atoms with Crippen molar-refractivity contribution in [3.63, 3.8) is 0 Å². The smallest absolute Gasteiger partial charge is 0.164 e. The van der Waals surface area contributed by atoms with Gasteiger partial charge in [-0.25, -0.2) is 4.39 Å². The summed E-state index contributed by atoms with van der Waals surface area (Å²) in [5, 5.41) is 3.38. The molecule has 0 saturated carbocycles. The number of likely N-dealkylation sites (N-methyl/N-ethyl adjacent to an activating group) is 1. The molecule has 0 aliphatic carbocycles. The van der Waals surface area contributed by atoms with Crippen LogP contribution in [0.4, 0.5) is 10.1 Å². The number of rotatable bonds is 2. The molecule has 1 heterocycles. The van der Waals surface area contributed by atoms with E-state index in [1.54, 1.807) is 18.2 Å². The van der Waals surface area contributed by atoms with Gasteiger partial charge in [0.2, 0.25) is 0 Å². The standard InChI is InChI=1S/C12H16ClFN2/c1-8-6-9(7-16(8)2)15-11-5-3-4-10(13)12(11)14/h3-5,8-9,15H,6-7H2,1-2H3. The van der Waals surface area contributed by atoms with E-state index in [1.165, 1.54) is 0 Å². The van der Waals surface area contributed by atoms with E-state index in [9.17, 15) is 4.39 Å². The molecular formula is C12H16ClFN2. The van der Waals surface area contributed by atoms with E-state index in [0.29, 0.717) is 17.8 Å². The van der Waals surface area contributed by atoms with Gasteiger partial charge in [0.15, 0.2) is 5.82 Å². The number of benzene rings is 1. The zero-order chi connectivity index (χ0) is 11.7. The second-order valence-electron chi connectivity index (χ2n) is 4.47. The van der Waals surface area contributed by atoms with Crippen LogP contribution in [0.2, 0.25) is 5.02 Å². The summed E-state index contributed by atoms with van der Waals surface area (Å²) in [6, 6.07) is 5.89. The van der Waals surface area contributed by atoms with Crippen LogP contribution < -0.4 is 5.32 Å². The lowest BCUT2D eigenvalue weighted by Gasteiger charge is -2.15. The topological polar surface area (TPSA) is 15.3 Å². The van der Waals surface area contributed by atoms with Gasteiger partial charge in [0.05, 0.1) is 10.7 Å². The first kappa shape index (κ1) is 11.7. The molecule has 1 fully saturated rings. The van der Waals surface area contributed by atoms with E-state index in [2.05, 4.69) is 24.2 Å². The van der Waals surface area contributed by atoms with Crippen LogP contribution in [0.1, 0.15) is 13.3 Å². The minimum Gasteiger partial charge on any atom is -0.379 e. The molecule has 0 spiro atoms. The fourth-order valence-corrected chi connectivity index (χ4v) is 2.31. The molecule has 2 rings (SSSR count). The Hall–Kier alpha value is -0.800. The van der Waals surface area contributed by atoms with Gasteiger partial charge in [0, 0.05) is 18.6 Å². The number of likely N-dealkylation sites (tertiary alicyclic amines) is 1. The molecule has 0 bridgehead atoms. The maximum atomic E-state index is 13.6. The molecule has 2 nitrogen and oxygen atoms in total. The normalized spacial score (nSPS) is 26.0. The Morgan fingerprint density at radius 1 is 1.50 bits per heavy atom. The van der Waals surface area contributed by atoms with Gasteiger partial charge in [-0.05, 0) is 32.5 Å². The Labute approximate surface area is 100 Å². The third-order valence-electron chi connectivity index (χ3n) is 3.20. The molecule has 1 N–H and O–H groups in total. The van der Waals surface area contributed by atoms with Crippen LogP contribution in [0, 0.1) is 5.82 Å². The van der Waals surface area contributed by atoms with Gasteiger partial charge in [0.25, 0.3) is 0 Å². The highest BCUT2D eigenvalue weighted by atomic mass is 35.5. The average molecular weight is 243 g/mol. The fraction of sp³-hybridized carbons (Fsp3) is 0.500. The summed E-state index contributed by atoms with van der Waals surface area (Å²) in [5.41, 5.74) is 0.500. The van der Waals surface area contributed by atoms with Gasteiger partial charge in [-0.2, -0.15) is 0 Å². The Balaban J connectivity index is 2.08. The molecule has 1 aliphatic heterocycles. The van der Waals surface area contributed by atoms with Crippen molar-refractivity contribution in [1.29, 1.82) is 0 Å². The Morgan fingerprint density at radius 2 is 2.25 bits per heavy atom. The maximum Gasteiger partial charge on any atom is 0.164 e. The molecule has 0 amide bonds. The first-order valence-corrected chi connectivity index (χ1v) is 5.86. The monoisotopic (exact) mass is 242 g/mol. The molecule has 0 radical (unpaired) electrons. The first-order chi connectivity index (χ1) is 7.58. The predicted octanol–water partition coefficient (Wildman–Crippen LogP) is 2.98. The maximum absolute atomic E-state index is 13.6. The zero-order valence-corrected chi connectivity index (χ0v) is 10.3. The van der Waals surface area contributed by atoms with E-state index in [0.717, 1.165) is 13.0 Å². The lowest BCUT2D eigenvalue weighted by molar-refractivity contribution is 0.330. The van der Waals surface area contributed by atoms with Crippen molar-refractivity contribution in [3.05, 3.63) is 29.0 Å². The summed E-state index contributed by atoms with van der Waals surface area (Å²) in [5.74, 6) is -0.355. The van der Waals surface area contributed by atoms with Crippen molar-refractivity contribution in [3.8, 4) is 0 Å². The second-order valence-corrected chi connectivity index (χ2v) is 4.87. The lowest BCUT2D eigenvalue weighted by atomic mass is 10.2. The summed E-state index contributed by atoms with van der Waals surface area (Å²) >= 11 is 5.73. The fourth-order valence-electron chi connectivity index (χ4n) is 2.13. The van der Waals surface area contributed by atoms with Gasteiger partial charge in [-0.3, -0.25) is 0 Å². The molecule has 1 aromatic rings. The molecule has 2 unspecified atom stereocenters. The van der Waals surface area contributed by atoms with Gasteiger partial charge in [-0.1, -0.05) is 17.7 Å². The highest BCUT2D eigenvalue weighted by Crippen LogP contribution is 2.25. The van der Waals surface area contributed by atoms with Crippen molar-refractivity contribution >= 4 is 17.3 Å². The van der Waals surface area contributed by atoms with E-state index in [1.807, 2.05) is 0 Å². The Morgan fingerprint density at radius 3 is 2.88 bits per heavy atom. The van der Waals surface area contributed by atoms with Gasteiger partial charge >= 0.3 is 0 Å². The van der Waals surface area contributed by atoms with E-state index in [-0.39, 0.29) is 10.8 Å². The van der Waals surface area contributed by atoms with Gasteiger partial charge in [0.1, 0.15) is 0 Å². The molecule has 1 aliphatic rings. The van der Waals surface area contributed by atoms with Crippen molar-refractivity contribution in [2.45, 2.75) is 25.4 Å². The second kappa shape index (κ2) is 4.60. The van der Waals surface area contributed by atoms with Gasteiger partial charge < -0.3 is 10.2 Å². The number of halogens is 2. The summed E-state index contributed by atoms with van der Waals surface area (Å²) in [6.07, 6.45) is 1.03. The molecule has 4 heteroatoms. The van der Waals surface area contributed by atoms with Crippen molar-refractivity contribution < 1.29 is 4.39 Å². The Bertz CT molecular complexity index is 373. The van der Waals surface area contributed by atoms with Crippen molar-refractivity contribution in [2.75, 3.05) is 18.9 Å². The van der Waals surface area contributed by atoms with Gasteiger partial charge in [-0.15, -0.1) is 0 Å². The average Bonchev–Trinajstić information content (AvgIpc) is 2.54. The van der Waals surface area contributed by atoms with Crippen molar-refractivity contribution in [1.82, 2.24) is 4.90 Å². The summed E-state index contributed by atoms with van der Waals surface area (Å²) in [4.78, 5) is 2.26. The lowest BCUT2D eigenvalue weighted by Crippen LogP contribution is -2.25. The van der Waals surface area contributed by atoms with Crippen molar-refractivity contribution in [2.24, 2.45) is 0 Å². The molecule has 1 saturated heterocycles. The highest BCUT2D eigenvalue weighted by Gasteiger charge is 2.26. The molecule has 1 aromatic carbocycles. The highest BCUT2D eigenvalue weighted by molar-refractivity contribution is 6.31. The number of hydrogen-bond donors (Lipinski definition) is 1. The quantitative estimate of drug-likeness (QED) is 0.858. The molecule has 88 valence electrons. The number of hydrogen-bond acceptors (Lipinski definition) is 2. The molecule has 2 atom stereocenters. The van der Waals surface area contributed by atoms with Crippen LogP contribution in [-0.4, -0.2) is 30.6 Å². The van der Waals surface area contributed by atoms with E-state index < -0.39 is 0 Å². The molecule has 0 aromatic heterocycles. The number of anilines is 1. The van der Waals surface area contributed by atoms with E-state index in [4.69, 9.17) is 11.6 Å². The predicted molar refractivity (Wildman–Crippen MR) is 65.5 cm³/mol. The summed E-state index contributed by atoms with van der Waals surface area (Å²) < 4.78 is 13.6. The van der Waals surface area contributed by atoms with E-state index >= 15 is 0 Å². The summed E-state index contributed by atoms with van der Waals surface area (Å²) in [6.45, 7) is 3.11. The number of nitrogens with one attached hydrogen (secondary N) is 1. The summed E-state index contributed by atoms with van der Waals surface area (Å²) in [7, 11) is 2.08. The third-order valence-corrected chi connectivity index (χ3v) is 3.49. The van der Waals surface area contributed by atoms with Crippen LogP contribution in [0.15, 0.2) is 18.2 Å². The van der Waals surface area contributed by atoms with Crippen LogP contribution in [0.5, 0.6) is 0 Å². The van der Waals surface area contributed by atoms with Crippen LogP contribution >= 0.6 is 11.6 Å². The molecule has 16 heavy (non-hydrogen) atoms. The molecular weight excluding hydrogens is 227 g/mol. The number of nitrogens with zero attached hydrogens (tertiary/aromatic N) is 1. The minimum absolute atomic E-state index is 0.171. The van der Waals surface area contributed by atoms with Crippen LogP contribution in [-0.2, 0) is 0 Å². The first-order valence-electron chi connectivity index (χ1n) is 5.48. The van der Waals surface area contributed by atoms with Crippen LogP contribution in [0.3, 0.4) is 0 Å². The zero-order valence-electron chi connectivity index (χ0n) is 9.50. The Kier molecular flexibility index (Phi) is 3.36. The van der Waals surface area contributed by atoms with Crippen LogP contribution in [0.25, 0.3) is 0 Å². The third kappa shape index (κ3) is 2.30. The SMILES string of the molecule is CC1CC(Nc2cccc(Cl)c2F)CN1C.